The molecule has 0 fully saturated rings. The third-order valence-electron chi connectivity index (χ3n) is 6.44. The Hall–Kier alpha value is -3.56. The van der Waals surface area contributed by atoms with Crippen LogP contribution in [0.2, 0.25) is 0 Å². The highest BCUT2D eigenvalue weighted by molar-refractivity contribution is 7.89. The number of aliphatic carboxylic acids is 1. The molecule has 3 aromatic carbocycles. The predicted octanol–water partition coefficient (Wildman–Crippen LogP) is 3.98. The van der Waals surface area contributed by atoms with Crippen LogP contribution in [-0.4, -0.2) is 34.5 Å². The van der Waals surface area contributed by atoms with Crippen molar-refractivity contribution in [1.29, 1.82) is 0 Å². The number of carboxylic acids is 1. The molecular formula is C26H28N4O4S. The Kier molecular flexibility index (Phi) is 6.73. The molecule has 0 amide bonds. The molecule has 0 saturated carbocycles. The van der Waals surface area contributed by atoms with E-state index in [9.17, 15) is 18.3 Å². The van der Waals surface area contributed by atoms with Crippen LogP contribution < -0.4 is 4.72 Å². The zero-order valence-corrected chi connectivity index (χ0v) is 20.9. The molecule has 0 aliphatic heterocycles. The highest BCUT2D eigenvalue weighted by Gasteiger charge is 2.23. The maximum Gasteiger partial charge on any atom is 0.304 e. The number of carbonyl (C=O) groups is 1. The van der Waals surface area contributed by atoms with Gasteiger partial charge < -0.3 is 5.11 Å². The second-order valence-electron chi connectivity index (χ2n) is 8.79. The van der Waals surface area contributed by atoms with E-state index >= 15 is 0 Å². The zero-order valence-electron chi connectivity index (χ0n) is 20.1. The van der Waals surface area contributed by atoms with Gasteiger partial charge in [-0.2, -0.15) is 0 Å². The molecule has 8 nitrogen and oxygen atoms in total. The first-order valence-corrected chi connectivity index (χ1v) is 12.7. The first-order chi connectivity index (χ1) is 16.6. The summed E-state index contributed by atoms with van der Waals surface area (Å²) >= 11 is 0. The Bertz CT molecular complexity index is 1530. The summed E-state index contributed by atoms with van der Waals surface area (Å²) in [7, 11) is -1.89. The second-order valence-corrected chi connectivity index (χ2v) is 10.5. The van der Waals surface area contributed by atoms with E-state index in [0.717, 1.165) is 38.9 Å². The molecule has 0 aliphatic carbocycles. The van der Waals surface area contributed by atoms with E-state index in [0.29, 0.717) is 5.56 Å². The maximum absolute atomic E-state index is 12.9. The van der Waals surface area contributed by atoms with Gasteiger partial charge in [-0.15, -0.1) is 5.10 Å². The number of hydrogen-bond acceptors (Lipinski definition) is 5. The fourth-order valence-corrected chi connectivity index (χ4v) is 5.67. The quantitative estimate of drug-likeness (QED) is 0.385. The minimum Gasteiger partial charge on any atom is -0.481 e. The molecule has 2 N–H and O–H groups in total. The number of rotatable bonds is 8. The lowest BCUT2D eigenvalue weighted by Gasteiger charge is -2.20. The number of nitrogens with zero attached hydrogens (tertiary/aromatic N) is 3. The summed E-state index contributed by atoms with van der Waals surface area (Å²) in [6.45, 7) is 5.68. The Balaban J connectivity index is 1.70. The molecule has 1 aromatic heterocycles. The van der Waals surface area contributed by atoms with Crippen molar-refractivity contribution in [2.45, 2.75) is 44.6 Å². The van der Waals surface area contributed by atoms with Gasteiger partial charge in [0.2, 0.25) is 10.0 Å². The number of nitrogens with one attached hydrogen (secondary N) is 1. The summed E-state index contributed by atoms with van der Waals surface area (Å²) in [6.07, 6.45) is -0.107. The molecule has 182 valence electrons. The fraction of sp³-hybridized carbons (Fsp3) is 0.269. The largest absolute Gasteiger partial charge is 0.481 e. The molecule has 0 spiro atoms. The van der Waals surface area contributed by atoms with Crippen molar-refractivity contribution in [3.63, 3.8) is 0 Å². The third-order valence-corrected chi connectivity index (χ3v) is 8.01. The number of sulfonamides is 1. The summed E-state index contributed by atoms with van der Waals surface area (Å²) in [6, 6.07) is 16.4. The van der Waals surface area contributed by atoms with Gasteiger partial charge in [0.15, 0.2) is 0 Å². The van der Waals surface area contributed by atoms with Gasteiger partial charge in [-0.05, 0) is 66.3 Å². The van der Waals surface area contributed by atoms with Gasteiger partial charge in [-0.1, -0.05) is 47.7 Å². The zero-order chi connectivity index (χ0) is 25.3. The smallest absolute Gasteiger partial charge is 0.304 e. The van der Waals surface area contributed by atoms with Crippen LogP contribution in [0.3, 0.4) is 0 Å². The lowest BCUT2D eigenvalue weighted by atomic mass is 9.84. The third kappa shape index (κ3) is 4.96. The average Bonchev–Trinajstić information content (AvgIpc) is 3.19. The van der Waals surface area contributed by atoms with E-state index in [-0.39, 0.29) is 17.9 Å². The van der Waals surface area contributed by atoms with E-state index < -0.39 is 21.9 Å². The molecule has 0 radical (unpaired) electrons. The van der Waals surface area contributed by atoms with Crippen molar-refractivity contribution in [1.82, 2.24) is 19.7 Å². The molecule has 9 heteroatoms. The van der Waals surface area contributed by atoms with E-state index in [1.54, 1.807) is 35.9 Å². The topological polar surface area (TPSA) is 114 Å². The lowest BCUT2D eigenvalue weighted by molar-refractivity contribution is -0.137. The molecule has 0 bridgehead atoms. The second kappa shape index (κ2) is 9.59. The van der Waals surface area contributed by atoms with E-state index in [2.05, 4.69) is 15.0 Å². The van der Waals surface area contributed by atoms with Gasteiger partial charge in [0.1, 0.15) is 5.52 Å². The van der Waals surface area contributed by atoms with E-state index in [1.165, 1.54) is 0 Å². The standard InChI is InChI=1S/C26H28N4O4S/c1-16-9-10-19(13-20(16)15-27-35(33,34)24-8-6-5-7-17(24)2)22(14-25(31)32)21-11-12-23-26(18(21)3)28-29-30(23)4/h5-13,22,27H,14-15H2,1-4H3,(H,31,32)/t22-/m0/s1. The normalized spacial score (nSPS) is 12.7. The molecule has 1 heterocycles. The van der Waals surface area contributed by atoms with Crippen molar-refractivity contribution in [2.24, 2.45) is 7.05 Å². The number of aryl methyl sites for hydroxylation is 4. The summed E-state index contributed by atoms with van der Waals surface area (Å²) in [5.41, 5.74) is 6.51. The molecule has 0 unspecified atom stereocenters. The van der Waals surface area contributed by atoms with Crippen LogP contribution in [-0.2, 0) is 28.4 Å². The van der Waals surface area contributed by atoms with E-state index in [4.69, 9.17) is 0 Å². The molecule has 0 saturated heterocycles. The number of benzene rings is 3. The monoisotopic (exact) mass is 492 g/mol. The summed E-state index contributed by atoms with van der Waals surface area (Å²) in [4.78, 5) is 12.1. The van der Waals surface area contributed by atoms with Gasteiger partial charge in [0.05, 0.1) is 16.8 Å². The Labute approximate surface area is 204 Å². The van der Waals surface area contributed by atoms with Crippen LogP contribution in [0, 0.1) is 20.8 Å². The summed E-state index contributed by atoms with van der Waals surface area (Å²) < 4.78 is 30.2. The van der Waals surface area contributed by atoms with Crippen molar-refractivity contribution in [2.75, 3.05) is 0 Å². The van der Waals surface area contributed by atoms with Crippen molar-refractivity contribution in [3.05, 3.63) is 88.0 Å². The minimum atomic E-state index is -3.70. The van der Waals surface area contributed by atoms with Crippen molar-refractivity contribution >= 4 is 27.0 Å². The van der Waals surface area contributed by atoms with Gasteiger partial charge in [0, 0.05) is 19.5 Å². The molecule has 4 aromatic rings. The van der Waals surface area contributed by atoms with Gasteiger partial charge in [-0.3, -0.25) is 4.79 Å². The average molecular weight is 493 g/mol. The van der Waals surface area contributed by atoms with Gasteiger partial charge in [0.25, 0.3) is 0 Å². The van der Waals surface area contributed by atoms with Crippen LogP contribution in [0.1, 0.15) is 45.7 Å². The predicted molar refractivity (Wildman–Crippen MR) is 134 cm³/mol. The first kappa shape index (κ1) is 24.6. The molecule has 35 heavy (non-hydrogen) atoms. The van der Waals surface area contributed by atoms with Crippen LogP contribution in [0.5, 0.6) is 0 Å². The van der Waals surface area contributed by atoms with Crippen molar-refractivity contribution < 1.29 is 18.3 Å². The van der Waals surface area contributed by atoms with Crippen LogP contribution in [0.4, 0.5) is 0 Å². The summed E-state index contributed by atoms with van der Waals surface area (Å²) in [5, 5.41) is 18.0. The molecule has 1 atom stereocenters. The van der Waals surface area contributed by atoms with Crippen molar-refractivity contribution in [3.8, 4) is 0 Å². The van der Waals surface area contributed by atoms with Gasteiger partial charge in [-0.25, -0.2) is 17.8 Å². The Morgan fingerprint density at radius 2 is 1.80 bits per heavy atom. The number of carboxylic acid groups (broad SMARTS) is 1. The molecule has 0 aliphatic rings. The van der Waals surface area contributed by atoms with E-state index in [1.807, 2.05) is 51.2 Å². The molecular weight excluding hydrogens is 464 g/mol. The molecule has 4 rings (SSSR count). The SMILES string of the molecule is Cc1ccc([C@H](CC(=O)O)c2ccc3c(nnn3C)c2C)cc1CNS(=O)(=O)c1ccccc1C. The Morgan fingerprint density at radius 3 is 2.51 bits per heavy atom. The summed E-state index contributed by atoms with van der Waals surface area (Å²) in [5.74, 6) is -1.35. The highest BCUT2D eigenvalue weighted by atomic mass is 32.2. The first-order valence-electron chi connectivity index (χ1n) is 11.2. The van der Waals surface area contributed by atoms with Crippen LogP contribution in [0.25, 0.3) is 11.0 Å². The number of aromatic nitrogens is 3. The highest BCUT2D eigenvalue weighted by Crippen LogP contribution is 2.34. The van der Waals surface area contributed by atoms with Gasteiger partial charge >= 0.3 is 5.97 Å². The minimum absolute atomic E-state index is 0.0955. The number of hydrogen-bond donors (Lipinski definition) is 2. The number of fused-ring (bicyclic) bond motifs is 1. The maximum atomic E-state index is 12.9. The Morgan fingerprint density at radius 1 is 1.06 bits per heavy atom. The van der Waals surface area contributed by atoms with Crippen LogP contribution in [0.15, 0.2) is 59.5 Å². The van der Waals surface area contributed by atoms with Crippen LogP contribution >= 0.6 is 0 Å². The fourth-order valence-electron chi connectivity index (χ4n) is 4.42. The lowest BCUT2D eigenvalue weighted by Crippen LogP contribution is -2.24.